The van der Waals surface area contributed by atoms with Gasteiger partial charge >= 0.3 is 0 Å². The van der Waals surface area contributed by atoms with Crippen LogP contribution in [0.1, 0.15) is 25.0 Å². The van der Waals surface area contributed by atoms with E-state index in [4.69, 9.17) is 28.9 Å². The van der Waals surface area contributed by atoms with Gasteiger partial charge in [0.15, 0.2) is 0 Å². The van der Waals surface area contributed by atoms with Crippen molar-refractivity contribution >= 4 is 23.2 Å². The zero-order valence-electron chi connectivity index (χ0n) is 21.8. The molecule has 2 unspecified atom stereocenters. The van der Waals surface area contributed by atoms with Crippen molar-refractivity contribution in [2.75, 3.05) is 26.4 Å². The van der Waals surface area contributed by atoms with Crippen LogP contribution in [0.3, 0.4) is 0 Å². The first kappa shape index (κ1) is 26.6. The van der Waals surface area contributed by atoms with Crippen LogP contribution in [0, 0.1) is 20.2 Å². The molecule has 0 spiro atoms. The molecular formula is C28H26N4O8. The molecule has 0 N–H and O–H groups in total. The Morgan fingerprint density at radius 1 is 0.675 bits per heavy atom. The van der Waals surface area contributed by atoms with Crippen molar-refractivity contribution in [1.82, 2.24) is 0 Å². The van der Waals surface area contributed by atoms with E-state index in [9.17, 15) is 20.2 Å². The Balaban J connectivity index is 1.19. The van der Waals surface area contributed by atoms with Gasteiger partial charge in [0.1, 0.15) is 49.0 Å². The van der Waals surface area contributed by atoms with E-state index in [-0.39, 0.29) is 24.6 Å². The molecule has 0 fully saturated rings. The van der Waals surface area contributed by atoms with E-state index in [0.717, 1.165) is 11.1 Å². The number of nitrogens with zero attached hydrogens (tertiary/aromatic N) is 4. The van der Waals surface area contributed by atoms with Crippen LogP contribution in [0.5, 0.6) is 11.5 Å². The number of ether oxygens (including phenoxy) is 4. The Kier molecular flexibility index (Phi) is 7.07. The minimum absolute atomic E-state index is 0.000639. The summed E-state index contributed by atoms with van der Waals surface area (Å²) in [5, 5.41) is 21.6. The maximum absolute atomic E-state index is 10.8. The van der Waals surface area contributed by atoms with Crippen molar-refractivity contribution in [1.29, 1.82) is 0 Å². The van der Waals surface area contributed by atoms with Crippen molar-refractivity contribution in [3.63, 3.8) is 0 Å². The molecule has 3 aromatic rings. The SMILES string of the molecule is CC1(COc2ccc([N+](=O)[O-])cc2)COC(c2ccc(C3=NC(C)(COc4ccc([N+](=O)[O-])cc4)CO3)cc2)=N1. The predicted molar refractivity (Wildman–Crippen MR) is 145 cm³/mol. The molecule has 2 aliphatic rings. The Hall–Kier alpha value is -5.00. The predicted octanol–water partition coefficient (Wildman–Crippen LogP) is 4.73. The lowest BCUT2D eigenvalue weighted by Crippen LogP contribution is -2.31. The second-order valence-corrected chi connectivity index (χ2v) is 10.1. The molecule has 0 aromatic heterocycles. The monoisotopic (exact) mass is 546 g/mol. The van der Waals surface area contributed by atoms with Crippen molar-refractivity contribution in [2.45, 2.75) is 24.9 Å². The maximum Gasteiger partial charge on any atom is 0.269 e. The molecule has 2 aliphatic heterocycles. The first-order chi connectivity index (χ1) is 19.1. The fourth-order valence-corrected chi connectivity index (χ4v) is 4.07. The zero-order valence-corrected chi connectivity index (χ0v) is 21.8. The largest absolute Gasteiger partial charge is 0.491 e. The third-order valence-corrected chi connectivity index (χ3v) is 6.36. The van der Waals surface area contributed by atoms with Crippen molar-refractivity contribution < 1.29 is 28.8 Å². The molecule has 0 radical (unpaired) electrons. The molecule has 12 nitrogen and oxygen atoms in total. The van der Waals surface area contributed by atoms with Gasteiger partial charge in [-0.25, -0.2) is 9.98 Å². The number of rotatable bonds is 10. The van der Waals surface area contributed by atoms with Crippen LogP contribution in [-0.2, 0) is 9.47 Å². The second-order valence-electron chi connectivity index (χ2n) is 10.1. The fourth-order valence-electron chi connectivity index (χ4n) is 4.07. The van der Waals surface area contributed by atoms with E-state index in [1.54, 1.807) is 24.3 Å². The Labute approximate surface area is 229 Å². The summed E-state index contributed by atoms with van der Waals surface area (Å²) in [4.78, 5) is 30.2. The first-order valence-corrected chi connectivity index (χ1v) is 12.4. The number of benzene rings is 3. The molecule has 0 amide bonds. The Morgan fingerprint density at radius 3 is 1.35 bits per heavy atom. The lowest BCUT2D eigenvalue weighted by molar-refractivity contribution is -0.385. The third-order valence-electron chi connectivity index (χ3n) is 6.36. The second kappa shape index (κ2) is 10.6. The quantitative estimate of drug-likeness (QED) is 0.262. The maximum atomic E-state index is 10.8. The molecule has 12 heteroatoms. The van der Waals surface area contributed by atoms with Crippen LogP contribution in [0.4, 0.5) is 11.4 Å². The van der Waals surface area contributed by atoms with Gasteiger partial charge in [0.2, 0.25) is 11.8 Å². The van der Waals surface area contributed by atoms with Gasteiger partial charge in [-0.2, -0.15) is 0 Å². The molecule has 2 heterocycles. The highest BCUT2D eigenvalue weighted by Crippen LogP contribution is 2.27. The minimum atomic E-state index is -0.611. The van der Waals surface area contributed by atoms with Crippen molar-refractivity contribution in [3.8, 4) is 11.5 Å². The van der Waals surface area contributed by atoms with E-state index in [1.807, 2.05) is 38.1 Å². The van der Waals surface area contributed by atoms with Gasteiger partial charge in [-0.05, 0) is 62.4 Å². The molecule has 0 bridgehead atoms. The summed E-state index contributed by atoms with van der Waals surface area (Å²) in [5.41, 5.74) is 0.373. The topological polar surface area (TPSA) is 148 Å². The normalized spacial score (nSPS) is 21.6. The lowest BCUT2D eigenvalue weighted by atomic mass is 10.1. The lowest BCUT2D eigenvalue weighted by Gasteiger charge is -2.18. The van der Waals surface area contributed by atoms with Crippen LogP contribution < -0.4 is 9.47 Å². The van der Waals surface area contributed by atoms with Crippen LogP contribution in [-0.4, -0.2) is 59.1 Å². The molecular weight excluding hydrogens is 520 g/mol. The summed E-state index contributed by atoms with van der Waals surface area (Å²) in [7, 11) is 0. The number of hydrogen-bond donors (Lipinski definition) is 0. The number of hydrogen-bond acceptors (Lipinski definition) is 10. The zero-order chi connectivity index (χ0) is 28.3. The van der Waals surface area contributed by atoms with Gasteiger partial charge in [-0.3, -0.25) is 20.2 Å². The average molecular weight is 547 g/mol. The highest BCUT2D eigenvalue weighted by molar-refractivity contribution is 5.99. The van der Waals surface area contributed by atoms with E-state index in [1.165, 1.54) is 24.3 Å². The Morgan fingerprint density at radius 2 is 1.02 bits per heavy atom. The first-order valence-electron chi connectivity index (χ1n) is 12.4. The molecule has 5 rings (SSSR count). The van der Waals surface area contributed by atoms with E-state index >= 15 is 0 Å². The summed E-state index contributed by atoms with van der Waals surface area (Å²) in [6.45, 7) is 5.00. The van der Waals surface area contributed by atoms with Crippen LogP contribution in [0.2, 0.25) is 0 Å². The highest BCUT2D eigenvalue weighted by Gasteiger charge is 2.35. The number of non-ortho nitro benzene ring substituents is 2. The number of aliphatic imine (C=N–C) groups is 2. The molecule has 0 saturated heterocycles. The van der Waals surface area contributed by atoms with Gasteiger partial charge in [0.05, 0.1) is 9.85 Å². The smallest absolute Gasteiger partial charge is 0.269 e. The number of nitro groups is 2. The fraction of sp³-hybridized carbons (Fsp3) is 0.286. The van der Waals surface area contributed by atoms with Crippen LogP contribution in [0.15, 0.2) is 82.8 Å². The van der Waals surface area contributed by atoms with Gasteiger partial charge in [-0.1, -0.05) is 0 Å². The van der Waals surface area contributed by atoms with Crippen LogP contribution in [0.25, 0.3) is 0 Å². The third kappa shape index (κ3) is 6.01. The standard InChI is InChI=1S/C28H26N4O8/c1-27(15-37-23-11-7-21(8-12-23)31(33)34)17-39-25(29-27)19-3-5-20(6-4-19)26-30-28(2,18-40-26)16-38-24-13-9-22(10-14-24)32(35)36/h3-14H,15-18H2,1-2H3. The van der Waals surface area contributed by atoms with E-state index in [0.29, 0.717) is 36.5 Å². The molecule has 0 aliphatic carbocycles. The van der Waals surface area contributed by atoms with Gasteiger partial charge in [0, 0.05) is 35.4 Å². The van der Waals surface area contributed by atoms with E-state index < -0.39 is 20.9 Å². The summed E-state index contributed by atoms with van der Waals surface area (Å²) < 4.78 is 23.3. The summed E-state index contributed by atoms with van der Waals surface area (Å²) in [6.07, 6.45) is 0. The molecule has 3 aromatic carbocycles. The minimum Gasteiger partial charge on any atom is -0.491 e. The van der Waals surface area contributed by atoms with Gasteiger partial charge in [-0.15, -0.1) is 0 Å². The van der Waals surface area contributed by atoms with E-state index in [2.05, 4.69) is 0 Å². The molecule has 0 saturated carbocycles. The summed E-state index contributed by atoms with van der Waals surface area (Å²) in [5.74, 6) is 2.03. The van der Waals surface area contributed by atoms with Gasteiger partial charge in [0.25, 0.3) is 11.4 Å². The van der Waals surface area contributed by atoms with Gasteiger partial charge < -0.3 is 18.9 Å². The Bertz CT molecular complexity index is 1360. The molecule has 40 heavy (non-hydrogen) atoms. The van der Waals surface area contributed by atoms with Crippen LogP contribution >= 0.6 is 0 Å². The van der Waals surface area contributed by atoms with Crippen molar-refractivity contribution in [2.24, 2.45) is 9.98 Å². The average Bonchev–Trinajstić information content (AvgIpc) is 3.55. The number of nitro benzene ring substituents is 2. The summed E-state index contributed by atoms with van der Waals surface area (Å²) in [6, 6.07) is 19.3. The van der Waals surface area contributed by atoms with Crippen molar-refractivity contribution in [3.05, 3.63) is 104 Å². The molecule has 2 atom stereocenters. The highest BCUT2D eigenvalue weighted by atomic mass is 16.6. The summed E-state index contributed by atoms with van der Waals surface area (Å²) >= 11 is 0. The molecule has 206 valence electrons.